The van der Waals surface area contributed by atoms with Gasteiger partial charge in [0.1, 0.15) is 0 Å². The second kappa shape index (κ2) is 3.21. The minimum atomic E-state index is 0.386. The molecule has 0 saturated heterocycles. The molecule has 0 spiro atoms. The molecule has 0 aromatic rings. The van der Waals surface area contributed by atoms with E-state index in [1.165, 1.54) is 5.57 Å². The zero-order valence-corrected chi connectivity index (χ0v) is 7.61. The standard InChI is InChI=1S/C10H16O/c1-4-8-7(3)6-10(11)9(8)5-2/h7H,4-6H2,1-3H3. The van der Waals surface area contributed by atoms with E-state index in [0.717, 1.165) is 24.8 Å². The van der Waals surface area contributed by atoms with Crippen molar-refractivity contribution in [3.8, 4) is 0 Å². The van der Waals surface area contributed by atoms with Gasteiger partial charge in [-0.05, 0) is 24.3 Å². The summed E-state index contributed by atoms with van der Waals surface area (Å²) in [7, 11) is 0. The Kier molecular flexibility index (Phi) is 2.48. The highest BCUT2D eigenvalue weighted by Gasteiger charge is 2.26. The van der Waals surface area contributed by atoms with E-state index in [0.29, 0.717) is 11.7 Å². The molecule has 0 aromatic carbocycles. The third-order valence-corrected chi connectivity index (χ3v) is 2.55. The summed E-state index contributed by atoms with van der Waals surface area (Å²) in [5.74, 6) is 0.902. The van der Waals surface area contributed by atoms with Crippen LogP contribution >= 0.6 is 0 Å². The van der Waals surface area contributed by atoms with Crippen molar-refractivity contribution in [1.29, 1.82) is 0 Å². The molecule has 0 heterocycles. The van der Waals surface area contributed by atoms with E-state index in [2.05, 4.69) is 20.8 Å². The maximum Gasteiger partial charge on any atom is 0.159 e. The van der Waals surface area contributed by atoms with Crippen LogP contribution < -0.4 is 0 Å². The molecule has 1 aliphatic rings. The maximum atomic E-state index is 11.3. The van der Waals surface area contributed by atoms with E-state index in [1.807, 2.05) is 0 Å². The molecule has 11 heavy (non-hydrogen) atoms. The van der Waals surface area contributed by atoms with Gasteiger partial charge in [-0.25, -0.2) is 0 Å². The molecule has 1 rings (SSSR count). The van der Waals surface area contributed by atoms with E-state index in [9.17, 15) is 4.79 Å². The summed E-state index contributed by atoms with van der Waals surface area (Å²) in [6.45, 7) is 6.36. The molecule has 62 valence electrons. The molecular weight excluding hydrogens is 136 g/mol. The van der Waals surface area contributed by atoms with Crippen LogP contribution in [0.2, 0.25) is 0 Å². The molecular formula is C10H16O. The minimum Gasteiger partial charge on any atom is -0.295 e. The number of Topliss-reactive ketones (excluding diaryl/α,β-unsaturated/α-hetero) is 1. The van der Waals surface area contributed by atoms with Gasteiger partial charge in [0.25, 0.3) is 0 Å². The monoisotopic (exact) mass is 152 g/mol. The van der Waals surface area contributed by atoms with Crippen LogP contribution in [0.4, 0.5) is 0 Å². The van der Waals surface area contributed by atoms with Gasteiger partial charge in [0.15, 0.2) is 5.78 Å². The van der Waals surface area contributed by atoms with Crippen molar-refractivity contribution in [2.45, 2.75) is 40.0 Å². The first-order valence-electron chi connectivity index (χ1n) is 4.45. The summed E-state index contributed by atoms with van der Waals surface area (Å²) in [4.78, 5) is 11.3. The highest BCUT2D eigenvalue weighted by Crippen LogP contribution is 2.32. The number of hydrogen-bond acceptors (Lipinski definition) is 1. The molecule has 0 radical (unpaired) electrons. The van der Waals surface area contributed by atoms with Gasteiger partial charge >= 0.3 is 0 Å². The van der Waals surface area contributed by atoms with E-state index in [4.69, 9.17) is 0 Å². The number of carbonyl (C=O) groups excluding carboxylic acids is 1. The van der Waals surface area contributed by atoms with Crippen LogP contribution in [-0.4, -0.2) is 5.78 Å². The van der Waals surface area contributed by atoms with Gasteiger partial charge in [0, 0.05) is 6.42 Å². The van der Waals surface area contributed by atoms with Crippen molar-refractivity contribution in [3.63, 3.8) is 0 Å². The van der Waals surface area contributed by atoms with E-state index in [1.54, 1.807) is 0 Å². The minimum absolute atomic E-state index is 0.386. The summed E-state index contributed by atoms with van der Waals surface area (Å²) >= 11 is 0. The first-order valence-corrected chi connectivity index (χ1v) is 4.45. The summed E-state index contributed by atoms with van der Waals surface area (Å²) in [6, 6.07) is 0. The van der Waals surface area contributed by atoms with Crippen molar-refractivity contribution in [2.75, 3.05) is 0 Å². The molecule has 0 aromatic heterocycles. The Labute approximate surface area is 68.5 Å². The molecule has 1 heteroatoms. The molecule has 0 amide bonds. The number of ketones is 1. The second-order valence-corrected chi connectivity index (χ2v) is 3.24. The van der Waals surface area contributed by atoms with Gasteiger partial charge in [-0.3, -0.25) is 4.79 Å². The van der Waals surface area contributed by atoms with Crippen molar-refractivity contribution in [3.05, 3.63) is 11.1 Å². The molecule has 0 fully saturated rings. The van der Waals surface area contributed by atoms with E-state index >= 15 is 0 Å². The van der Waals surface area contributed by atoms with Crippen LogP contribution in [0.25, 0.3) is 0 Å². The van der Waals surface area contributed by atoms with Crippen LogP contribution in [0.5, 0.6) is 0 Å². The normalized spacial score (nSPS) is 25.0. The molecule has 1 atom stereocenters. The molecule has 1 unspecified atom stereocenters. The van der Waals surface area contributed by atoms with Crippen molar-refractivity contribution in [2.24, 2.45) is 5.92 Å². The van der Waals surface area contributed by atoms with Crippen LogP contribution in [0.3, 0.4) is 0 Å². The Morgan fingerprint density at radius 2 is 2.00 bits per heavy atom. The third kappa shape index (κ3) is 1.37. The summed E-state index contributed by atoms with van der Waals surface area (Å²) in [5, 5.41) is 0. The SMILES string of the molecule is CCC1=C(CC)C(C)CC1=O. The van der Waals surface area contributed by atoms with Crippen molar-refractivity contribution in [1.82, 2.24) is 0 Å². The molecule has 0 aliphatic heterocycles. The topological polar surface area (TPSA) is 17.1 Å². The van der Waals surface area contributed by atoms with Crippen LogP contribution in [-0.2, 0) is 4.79 Å². The van der Waals surface area contributed by atoms with Crippen LogP contribution in [0.1, 0.15) is 40.0 Å². The van der Waals surface area contributed by atoms with Gasteiger partial charge in [0.2, 0.25) is 0 Å². The van der Waals surface area contributed by atoms with Gasteiger partial charge < -0.3 is 0 Å². The first-order chi connectivity index (χ1) is 5.20. The quantitative estimate of drug-likeness (QED) is 0.594. The predicted octanol–water partition coefficient (Wildman–Crippen LogP) is 2.71. The Morgan fingerprint density at radius 3 is 2.36 bits per heavy atom. The zero-order valence-electron chi connectivity index (χ0n) is 7.61. The third-order valence-electron chi connectivity index (χ3n) is 2.55. The fourth-order valence-electron chi connectivity index (χ4n) is 1.99. The predicted molar refractivity (Wildman–Crippen MR) is 46.4 cm³/mol. The Bertz CT molecular complexity index is 201. The van der Waals surface area contributed by atoms with Gasteiger partial charge in [-0.1, -0.05) is 26.3 Å². The van der Waals surface area contributed by atoms with Crippen LogP contribution in [0, 0.1) is 5.92 Å². The fourth-order valence-corrected chi connectivity index (χ4v) is 1.99. The highest BCUT2D eigenvalue weighted by atomic mass is 16.1. The lowest BCUT2D eigenvalue weighted by atomic mass is 10.00. The molecule has 0 saturated carbocycles. The average molecular weight is 152 g/mol. The summed E-state index contributed by atoms with van der Waals surface area (Å²) in [5.41, 5.74) is 2.51. The van der Waals surface area contributed by atoms with Crippen LogP contribution in [0.15, 0.2) is 11.1 Å². The molecule has 0 N–H and O–H groups in total. The van der Waals surface area contributed by atoms with E-state index < -0.39 is 0 Å². The molecule has 1 aliphatic carbocycles. The lowest BCUT2D eigenvalue weighted by Crippen LogP contribution is -1.94. The van der Waals surface area contributed by atoms with Gasteiger partial charge in [-0.2, -0.15) is 0 Å². The summed E-state index contributed by atoms with van der Waals surface area (Å²) < 4.78 is 0. The molecule has 0 bridgehead atoms. The second-order valence-electron chi connectivity index (χ2n) is 3.24. The lowest BCUT2D eigenvalue weighted by Gasteiger charge is -2.05. The highest BCUT2D eigenvalue weighted by molar-refractivity contribution is 5.99. The number of rotatable bonds is 2. The first kappa shape index (κ1) is 8.51. The zero-order chi connectivity index (χ0) is 8.43. The Balaban J connectivity index is 2.92. The number of allylic oxidation sites excluding steroid dienone is 2. The average Bonchev–Trinajstić information content (AvgIpc) is 2.24. The number of hydrogen-bond donors (Lipinski definition) is 0. The fraction of sp³-hybridized carbons (Fsp3) is 0.700. The lowest BCUT2D eigenvalue weighted by molar-refractivity contribution is -0.115. The van der Waals surface area contributed by atoms with Crippen molar-refractivity contribution < 1.29 is 4.79 Å². The van der Waals surface area contributed by atoms with E-state index in [-0.39, 0.29) is 0 Å². The Hall–Kier alpha value is -0.590. The summed E-state index contributed by atoms with van der Waals surface area (Å²) in [6.07, 6.45) is 2.73. The molecule has 1 nitrogen and oxygen atoms in total. The van der Waals surface area contributed by atoms with Gasteiger partial charge in [-0.15, -0.1) is 0 Å². The maximum absolute atomic E-state index is 11.3. The smallest absolute Gasteiger partial charge is 0.159 e. The van der Waals surface area contributed by atoms with Crippen molar-refractivity contribution >= 4 is 5.78 Å². The Morgan fingerprint density at radius 1 is 1.36 bits per heavy atom. The largest absolute Gasteiger partial charge is 0.295 e. The number of carbonyl (C=O) groups is 1. The van der Waals surface area contributed by atoms with Gasteiger partial charge in [0.05, 0.1) is 0 Å².